The molecule has 0 radical (unpaired) electrons. The Hall–Kier alpha value is -3.08. The molecular weight excluding hydrogens is 279 g/mol. The van der Waals surface area contributed by atoms with Gasteiger partial charge in [-0.25, -0.2) is 19.3 Å². The van der Waals surface area contributed by atoms with Crippen LogP contribution in [0.2, 0.25) is 0 Å². The van der Waals surface area contributed by atoms with E-state index in [1.165, 1.54) is 18.5 Å². The normalized spacial score (nSPS) is 11.0. The Morgan fingerprint density at radius 3 is 2.59 bits per heavy atom. The summed E-state index contributed by atoms with van der Waals surface area (Å²) in [4.78, 5) is 12.7. The molecule has 0 spiro atoms. The van der Waals surface area contributed by atoms with Crippen LogP contribution in [0.5, 0.6) is 0 Å². The largest absolute Gasteiger partial charge is 0.306 e. The van der Waals surface area contributed by atoms with E-state index < -0.39 is 0 Å². The van der Waals surface area contributed by atoms with E-state index in [4.69, 9.17) is 0 Å². The van der Waals surface area contributed by atoms with Crippen molar-refractivity contribution in [2.45, 2.75) is 0 Å². The van der Waals surface area contributed by atoms with Gasteiger partial charge in [0.15, 0.2) is 0 Å². The van der Waals surface area contributed by atoms with E-state index in [9.17, 15) is 4.39 Å². The van der Waals surface area contributed by atoms with Crippen LogP contribution in [0.3, 0.4) is 0 Å². The molecule has 0 unspecified atom stereocenters. The molecule has 106 valence electrons. The SMILES string of the molecule is Fc1ccc(-c2ncnc3cc(-n4ccnc4)ccc23)cc1. The molecule has 0 atom stereocenters. The van der Waals surface area contributed by atoms with Crippen LogP contribution < -0.4 is 0 Å². The van der Waals surface area contributed by atoms with Gasteiger partial charge in [0.2, 0.25) is 0 Å². The molecular formula is C17H11FN4. The predicted octanol–water partition coefficient (Wildman–Crippen LogP) is 3.62. The summed E-state index contributed by atoms with van der Waals surface area (Å²) in [6.45, 7) is 0. The van der Waals surface area contributed by atoms with Crippen LogP contribution in [0, 0.1) is 5.82 Å². The second kappa shape index (κ2) is 5.04. The highest BCUT2D eigenvalue weighted by molar-refractivity contribution is 5.93. The molecule has 0 bridgehead atoms. The third kappa shape index (κ3) is 2.13. The van der Waals surface area contributed by atoms with Gasteiger partial charge < -0.3 is 4.57 Å². The summed E-state index contributed by atoms with van der Waals surface area (Å²) < 4.78 is 15.0. The molecule has 4 rings (SSSR count). The van der Waals surface area contributed by atoms with Crippen molar-refractivity contribution in [2.75, 3.05) is 0 Å². The van der Waals surface area contributed by atoms with Gasteiger partial charge in [0, 0.05) is 29.0 Å². The third-order valence-electron chi connectivity index (χ3n) is 3.54. The number of hydrogen-bond donors (Lipinski definition) is 0. The molecule has 2 heterocycles. The number of halogens is 1. The van der Waals surface area contributed by atoms with Gasteiger partial charge in [-0.2, -0.15) is 0 Å². The summed E-state index contributed by atoms with van der Waals surface area (Å²) >= 11 is 0. The van der Waals surface area contributed by atoms with E-state index in [-0.39, 0.29) is 5.82 Å². The Morgan fingerprint density at radius 1 is 0.955 bits per heavy atom. The molecule has 2 aromatic carbocycles. The maximum Gasteiger partial charge on any atom is 0.123 e. The van der Waals surface area contributed by atoms with Crippen molar-refractivity contribution in [1.82, 2.24) is 19.5 Å². The van der Waals surface area contributed by atoms with Crippen molar-refractivity contribution < 1.29 is 4.39 Å². The molecule has 4 nitrogen and oxygen atoms in total. The monoisotopic (exact) mass is 290 g/mol. The fourth-order valence-corrected chi connectivity index (χ4v) is 2.46. The first-order valence-electron chi connectivity index (χ1n) is 6.80. The zero-order chi connectivity index (χ0) is 14.9. The van der Waals surface area contributed by atoms with Gasteiger partial charge in [-0.1, -0.05) is 0 Å². The molecule has 0 saturated heterocycles. The molecule has 0 amide bonds. The number of hydrogen-bond acceptors (Lipinski definition) is 3. The minimum atomic E-state index is -0.260. The Bertz CT molecular complexity index is 931. The van der Waals surface area contributed by atoms with Crippen LogP contribution >= 0.6 is 0 Å². The highest BCUT2D eigenvalue weighted by Gasteiger charge is 2.08. The fraction of sp³-hybridized carbons (Fsp3) is 0. The summed E-state index contributed by atoms with van der Waals surface area (Å²) in [5.41, 5.74) is 3.47. The van der Waals surface area contributed by atoms with E-state index in [1.54, 1.807) is 24.7 Å². The number of benzene rings is 2. The zero-order valence-corrected chi connectivity index (χ0v) is 11.5. The van der Waals surface area contributed by atoms with Crippen LogP contribution in [0.1, 0.15) is 0 Å². The molecule has 4 aromatic rings. The Labute approximate surface area is 125 Å². The summed E-state index contributed by atoms with van der Waals surface area (Å²) in [5.74, 6) is -0.260. The molecule has 2 aromatic heterocycles. The lowest BCUT2D eigenvalue weighted by molar-refractivity contribution is 0.628. The molecule has 5 heteroatoms. The molecule has 0 fully saturated rings. The second-order valence-electron chi connectivity index (χ2n) is 4.90. The average Bonchev–Trinajstić information content (AvgIpc) is 3.09. The van der Waals surface area contributed by atoms with Gasteiger partial charge >= 0.3 is 0 Å². The Kier molecular flexibility index (Phi) is 2.89. The standard InChI is InChI=1S/C17H11FN4/c18-13-3-1-12(2-4-13)17-15-6-5-14(22-8-7-19-11-22)9-16(15)20-10-21-17/h1-11H. The van der Waals surface area contributed by atoms with Crippen molar-refractivity contribution in [3.05, 3.63) is 73.3 Å². The number of rotatable bonds is 2. The van der Waals surface area contributed by atoms with E-state index in [0.717, 1.165) is 27.8 Å². The Morgan fingerprint density at radius 2 is 1.82 bits per heavy atom. The van der Waals surface area contributed by atoms with Crippen LogP contribution in [0.4, 0.5) is 4.39 Å². The van der Waals surface area contributed by atoms with Gasteiger partial charge in [0.1, 0.15) is 12.1 Å². The fourth-order valence-electron chi connectivity index (χ4n) is 2.46. The molecule has 0 aliphatic carbocycles. The predicted molar refractivity (Wildman–Crippen MR) is 82.1 cm³/mol. The van der Waals surface area contributed by atoms with Gasteiger partial charge in [-0.3, -0.25) is 0 Å². The van der Waals surface area contributed by atoms with Crippen LogP contribution in [-0.4, -0.2) is 19.5 Å². The van der Waals surface area contributed by atoms with Crippen molar-refractivity contribution >= 4 is 10.9 Å². The van der Waals surface area contributed by atoms with Crippen LogP contribution in [0.25, 0.3) is 27.8 Å². The van der Waals surface area contributed by atoms with E-state index in [0.29, 0.717) is 0 Å². The minimum Gasteiger partial charge on any atom is -0.306 e. The van der Waals surface area contributed by atoms with Gasteiger partial charge in [-0.05, 0) is 42.5 Å². The molecule has 0 saturated carbocycles. The van der Waals surface area contributed by atoms with Gasteiger partial charge in [0.25, 0.3) is 0 Å². The van der Waals surface area contributed by atoms with Crippen molar-refractivity contribution in [3.8, 4) is 16.9 Å². The van der Waals surface area contributed by atoms with E-state index >= 15 is 0 Å². The summed E-state index contributed by atoms with van der Waals surface area (Å²) in [6.07, 6.45) is 6.87. The first-order valence-corrected chi connectivity index (χ1v) is 6.80. The third-order valence-corrected chi connectivity index (χ3v) is 3.54. The second-order valence-corrected chi connectivity index (χ2v) is 4.90. The van der Waals surface area contributed by atoms with Crippen molar-refractivity contribution in [3.63, 3.8) is 0 Å². The lowest BCUT2D eigenvalue weighted by Gasteiger charge is -2.07. The summed E-state index contributed by atoms with van der Waals surface area (Å²) in [7, 11) is 0. The van der Waals surface area contributed by atoms with Crippen LogP contribution in [0.15, 0.2) is 67.5 Å². The zero-order valence-electron chi connectivity index (χ0n) is 11.5. The number of aromatic nitrogens is 4. The first-order chi connectivity index (χ1) is 10.8. The topological polar surface area (TPSA) is 43.6 Å². The van der Waals surface area contributed by atoms with E-state index in [1.807, 2.05) is 29.0 Å². The maximum atomic E-state index is 13.1. The minimum absolute atomic E-state index is 0.260. The number of imidazole rings is 1. The smallest absolute Gasteiger partial charge is 0.123 e. The van der Waals surface area contributed by atoms with Crippen molar-refractivity contribution in [1.29, 1.82) is 0 Å². The van der Waals surface area contributed by atoms with Crippen molar-refractivity contribution in [2.24, 2.45) is 0 Å². The number of fused-ring (bicyclic) bond motifs is 1. The molecule has 0 N–H and O–H groups in total. The van der Waals surface area contributed by atoms with Crippen LogP contribution in [-0.2, 0) is 0 Å². The first kappa shape index (κ1) is 12.6. The average molecular weight is 290 g/mol. The molecule has 22 heavy (non-hydrogen) atoms. The number of nitrogens with zero attached hydrogens (tertiary/aromatic N) is 4. The Balaban J connectivity index is 1.89. The lowest BCUT2D eigenvalue weighted by atomic mass is 10.1. The highest BCUT2D eigenvalue weighted by atomic mass is 19.1. The van der Waals surface area contributed by atoms with Gasteiger partial charge in [0.05, 0.1) is 17.5 Å². The quantitative estimate of drug-likeness (QED) is 0.566. The molecule has 0 aliphatic rings. The molecule has 0 aliphatic heterocycles. The van der Waals surface area contributed by atoms with Gasteiger partial charge in [-0.15, -0.1) is 0 Å². The summed E-state index contributed by atoms with van der Waals surface area (Å²) in [5, 5.41) is 0.929. The lowest BCUT2D eigenvalue weighted by Crippen LogP contribution is -1.93. The van der Waals surface area contributed by atoms with E-state index in [2.05, 4.69) is 15.0 Å². The maximum absolute atomic E-state index is 13.1. The summed E-state index contributed by atoms with van der Waals surface area (Å²) in [6, 6.07) is 12.3. The highest BCUT2D eigenvalue weighted by Crippen LogP contribution is 2.26.